The third kappa shape index (κ3) is 5.44. The van der Waals surface area contributed by atoms with Crippen molar-refractivity contribution in [2.24, 2.45) is 0 Å². The first-order valence-corrected chi connectivity index (χ1v) is 11.6. The standard InChI is InChI=1S/C25H21Cl3N2O3/c1-3-14(2)15-4-8-23-21(10-15)30-25(33-23)18-12-17(6-7-19(18)27)29-24(31)13-32-22-9-5-16(26)11-20(22)28/h4-12,14H,3,13H2,1-2H3,(H,29,31)/t14-/m1/s1. The highest BCUT2D eigenvalue weighted by molar-refractivity contribution is 6.35. The predicted octanol–water partition coefficient (Wildman–Crippen LogP) is 7.99. The molecule has 0 radical (unpaired) electrons. The van der Waals surface area contributed by atoms with Gasteiger partial charge in [0.2, 0.25) is 5.89 Å². The highest BCUT2D eigenvalue weighted by Crippen LogP contribution is 2.33. The van der Waals surface area contributed by atoms with Crippen LogP contribution in [-0.2, 0) is 4.79 Å². The molecule has 1 atom stereocenters. The van der Waals surface area contributed by atoms with E-state index >= 15 is 0 Å². The predicted molar refractivity (Wildman–Crippen MR) is 134 cm³/mol. The van der Waals surface area contributed by atoms with Crippen molar-refractivity contribution in [2.45, 2.75) is 26.2 Å². The Morgan fingerprint density at radius 1 is 1.06 bits per heavy atom. The zero-order chi connectivity index (χ0) is 23.5. The van der Waals surface area contributed by atoms with E-state index in [1.165, 1.54) is 5.56 Å². The van der Waals surface area contributed by atoms with Crippen LogP contribution in [0.5, 0.6) is 5.75 Å². The van der Waals surface area contributed by atoms with Crippen molar-refractivity contribution in [1.82, 2.24) is 4.98 Å². The molecule has 1 heterocycles. The highest BCUT2D eigenvalue weighted by Gasteiger charge is 2.15. The average Bonchev–Trinajstić information content (AvgIpc) is 3.22. The molecule has 0 bridgehead atoms. The molecule has 0 unspecified atom stereocenters. The van der Waals surface area contributed by atoms with Crippen molar-refractivity contribution < 1.29 is 13.9 Å². The number of fused-ring (bicyclic) bond motifs is 1. The van der Waals surface area contributed by atoms with E-state index in [2.05, 4.69) is 30.2 Å². The lowest BCUT2D eigenvalue weighted by Crippen LogP contribution is -2.20. The average molecular weight is 504 g/mol. The van der Waals surface area contributed by atoms with Gasteiger partial charge in [0.05, 0.1) is 15.6 Å². The van der Waals surface area contributed by atoms with Crippen molar-refractivity contribution in [2.75, 3.05) is 11.9 Å². The lowest BCUT2D eigenvalue weighted by molar-refractivity contribution is -0.118. The Morgan fingerprint density at radius 3 is 2.64 bits per heavy atom. The zero-order valence-corrected chi connectivity index (χ0v) is 20.3. The summed E-state index contributed by atoms with van der Waals surface area (Å²) in [5.41, 5.74) is 3.76. The Hall–Kier alpha value is -2.73. The molecule has 1 aromatic heterocycles. The molecule has 0 saturated heterocycles. The van der Waals surface area contributed by atoms with Crippen molar-refractivity contribution in [3.05, 3.63) is 75.2 Å². The number of aromatic nitrogens is 1. The van der Waals surface area contributed by atoms with Crippen LogP contribution in [-0.4, -0.2) is 17.5 Å². The van der Waals surface area contributed by atoms with Gasteiger partial charge in [-0.1, -0.05) is 54.7 Å². The summed E-state index contributed by atoms with van der Waals surface area (Å²) in [6, 6.07) is 15.9. The van der Waals surface area contributed by atoms with Gasteiger partial charge in [-0.05, 0) is 66.4 Å². The van der Waals surface area contributed by atoms with Crippen LogP contribution in [0.15, 0.2) is 59.0 Å². The second kappa shape index (κ2) is 10.0. The molecule has 1 amide bonds. The molecule has 8 heteroatoms. The van der Waals surface area contributed by atoms with E-state index in [4.69, 9.17) is 44.0 Å². The Labute approximate surface area is 206 Å². The van der Waals surface area contributed by atoms with Crippen LogP contribution in [0.25, 0.3) is 22.6 Å². The van der Waals surface area contributed by atoms with Crippen molar-refractivity contribution in [3.8, 4) is 17.2 Å². The summed E-state index contributed by atoms with van der Waals surface area (Å²) in [5, 5.41) is 4.07. The minimum Gasteiger partial charge on any atom is -0.482 e. The molecule has 0 saturated carbocycles. The van der Waals surface area contributed by atoms with Crippen LogP contribution < -0.4 is 10.1 Å². The smallest absolute Gasteiger partial charge is 0.262 e. The summed E-state index contributed by atoms with van der Waals surface area (Å²) in [5.74, 6) is 0.833. The van der Waals surface area contributed by atoms with Gasteiger partial charge in [-0.25, -0.2) is 4.98 Å². The first-order valence-electron chi connectivity index (χ1n) is 10.4. The monoisotopic (exact) mass is 502 g/mol. The second-order valence-corrected chi connectivity index (χ2v) is 8.91. The molecule has 4 rings (SSSR count). The van der Waals surface area contributed by atoms with E-state index in [1.807, 2.05) is 12.1 Å². The van der Waals surface area contributed by atoms with Crippen LogP contribution in [0.4, 0.5) is 5.69 Å². The van der Waals surface area contributed by atoms with Crippen molar-refractivity contribution in [3.63, 3.8) is 0 Å². The number of oxazole rings is 1. The van der Waals surface area contributed by atoms with Gasteiger partial charge in [-0.2, -0.15) is 0 Å². The highest BCUT2D eigenvalue weighted by atomic mass is 35.5. The molecule has 1 N–H and O–H groups in total. The summed E-state index contributed by atoms with van der Waals surface area (Å²) < 4.78 is 11.4. The van der Waals surface area contributed by atoms with Crippen LogP contribution in [0, 0.1) is 0 Å². The maximum absolute atomic E-state index is 12.4. The fourth-order valence-corrected chi connectivity index (χ4v) is 3.96. The molecule has 3 aromatic carbocycles. The summed E-state index contributed by atoms with van der Waals surface area (Å²) in [7, 11) is 0. The van der Waals surface area contributed by atoms with Crippen LogP contribution in [0.1, 0.15) is 31.7 Å². The van der Waals surface area contributed by atoms with Gasteiger partial charge < -0.3 is 14.5 Å². The van der Waals surface area contributed by atoms with Crippen LogP contribution in [0.2, 0.25) is 15.1 Å². The third-order valence-electron chi connectivity index (χ3n) is 5.33. The minimum atomic E-state index is -0.356. The lowest BCUT2D eigenvalue weighted by Gasteiger charge is -2.10. The number of nitrogens with one attached hydrogen (secondary N) is 1. The molecule has 170 valence electrons. The Kier molecular flexibility index (Phi) is 7.13. The largest absolute Gasteiger partial charge is 0.482 e. The third-order valence-corrected chi connectivity index (χ3v) is 6.19. The van der Waals surface area contributed by atoms with Gasteiger partial charge in [0.15, 0.2) is 12.2 Å². The minimum absolute atomic E-state index is 0.222. The number of nitrogens with zero attached hydrogens (tertiary/aromatic N) is 1. The first kappa shape index (κ1) is 23.4. The number of halogens is 3. The number of amides is 1. The maximum atomic E-state index is 12.4. The molecule has 0 fully saturated rings. The number of hydrogen-bond donors (Lipinski definition) is 1. The summed E-state index contributed by atoms with van der Waals surface area (Å²) >= 11 is 18.4. The maximum Gasteiger partial charge on any atom is 0.262 e. The topological polar surface area (TPSA) is 64.4 Å². The van der Waals surface area contributed by atoms with E-state index in [-0.39, 0.29) is 12.5 Å². The van der Waals surface area contributed by atoms with E-state index in [9.17, 15) is 4.79 Å². The normalized spacial score (nSPS) is 12.0. The second-order valence-electron chi connectivity index (χ2n) is 7.66. The molecular formula is C25H21Cl3N2O3. The number of carbonyl (C=O) groups is 1. The first-order chi connectivity index (χ1) is 15.8. The number of benzene rings is 3. The van der Waals surface area contributed by atoms with Gasteiger partial charge >= 0.3 is 0 Å². The van der Waals surface area contributed by atoms with Gasteiger partial charge in [-0.3, -0.25) is 4.79 Å². The van der Waals surface area contributed by atoms with Crippen LogP contribution >= 0.6 is 34.8 Å². The summed E-state index contributed by atoms with van der Waals surface area (Å²) in [4.78, 5) is 17.0. The zero-order valence-electron chi connectivity index (χ0n) is 18.0. The Morgan fingerprint density at radius 2 is 1.88 bits per heavy atom. The molecule has 33 heavy (non-hydrogen) atoms. The molecule has 0 aliphatic rings. The number of ether oxygens (including phenoxy) is 1. The van der Waals surface area contributed by atoms with E-state index in [0.29, 0.717) is 49.5 Å². The summed E-state index contributed by atoms with van der Waals surface area (Å²) in [6.07, 6.45) is 1.04. The molecule has 0 aliphatic carbocycles. The van der Waals surface area contributed by atoms with Gasteiger partial charge in [-0.15, -0.1) is 0 Å². The number of carbonyl (C=O) groups excluding carboxylic acids is 1. The van der Waals surface area contributed by atoms with Gasteiger partial charge in [0.25, 0.3) is 5.91 Å². The van der Waals surface area contributed by atoms with Gasteiger partial charge in [0, 0.05) is 10.7 Å². The summed E-state index contributed by atoms with van der Waals surface area (Å²) in [6.45, 7) is 4.11. The molecule has 4 aromatic rings. The van der Waals surface area contributed by atoms with Crippen molar-refractivity contribution in [1.29, 1.82) is 0 Å². The van der Waals surface area contributed by atoms with Crippen molar-refractivity contribution >= 4 is 57.5 Å². The van der Waals surface area contributed by atoms with E-state index in [0.717, 1.165) is 11.9 Å². The molecule has 0 spiro atoms. The fourth-order valence-electron chi connectivity index (χ4n) is 3.30. The lowest BCUT2D eigenvalue weighted by atomic mass is 9.98. The Balaban J connectivity index is 1.51. The SMILES string of the molecule is CC[C@@H](C)c1ccc2oc(-c3cc(NC(=O)COc4ccc(Cl)cc4Cl)ccc3Cl)nc2c1. The number of hydrogen-bond acceptors (Lipinski definition) is 4. The molecule has 5 nitrogen and oxygen atoms in total. The van der Waals surface area contributed by atoms with E-state index in [1.54, 1.807) is 36.4 Å². The fraction of sp³-hybridized carbons (Fsp3) is 0.200. The number of rotatable bonds is 7. The number of anilines is 1. The Bertz CT molecular complexity index is 1320. The molecular weight excluding hydrogens is 483 g/mol. The molecule has 0 aliphatic heterocycles. The van der Waals surface area contributed by atoms with Crippen LogP contribution in [0.3, 0.4) is 0 Å². The van der Waals surface area contributed by atoms with Gasteiger partial charge in [0.1, 0.15) is 11.3 Å². The quantitative estimate of drug-likeness (QED) is 0.277. The van der Waals surface area contributed by atoms with E-state index < -0.39 is 0 Å².